The number of anilines is 2. The van der Waals surface area contributed by atoms with Crippen LogP contribution in [0.5, 0.6) is 11.8 Å². The molecule has 282 valence electrons. The molecule has 54 heavy (non-hydrogen) atoms. The Balaban J connectivity index is 1.10. The third kappa shape index (κ3) is 5.38. The van der Waals surface area contributed by atoms with Gasteiger partial charge in [0.05, 0.1) is 32.8 Å². The number of nitrogens with two attached hydrogens (primary N) is 1. The first kappa shape index (κ1) is 34.4. The number of nitrogens with one attached hydrogen (secondary N) is 1. The van der Waals surface area contributed by atoms with Gasteiger partial charge in [-0.3, -0.25) is 15.0 Å². The number of fused-ring (bicyclic) bond motifs is 2. The molecule has 0 radical (unpaired) electrons. The van der Waals surface area contributed by atoms with E-state index in [1.807, 2.05) is 11.0 Å². The number of nitriles is 1. The minimum Gasteiger partial charge on any atom is -0.489 e. The predicted octanol–water partition coefficient (Wildman–Crippen LogP) is 5.79. The number of piperidine rings is 1. The lowest BCUT2D eigenvalue weighted by atomic mass is 9.95. The van der Waals surface area contributed by atoms with Crippen LogP contribution in [-0.4, -0.2) is 101 Å². The number of aromatic nitrogens is 2. The Hall–Kier alpha value is -4.10. The molecule has 1 saturated carbocycles. The lowest BCUT2D eigenvalue weighted by Crippen LogP contribution is -2.52. The van der Waals surface area contributed by atoms with E-state index in [0.717, 1.165) is 56.4 Å². The molecule has 11 nitrogen and oxygen atoms in total. The van der Waals surface area contributed by atoms with E-state index in [2.05, 4.69) is 20.1 Å². The Morgan fingerprint density at radius 2 is 2.02 bits per heavy atom. The summed E-state index contributed by atoms with van der Waals surface area (Å²) in [5.74, 6) is -0.207. The fourth-order valence-corrected chi connectivity index (χ4v) is 10.9. The smallest absolute Gasteiger partial charge is 0.319 e. The molecule has 1 amide bonds. The average molecular weight is 779 g/mol. The number of thiophene rings is 1. The molecular weight excluding hydrogens is 741 g/mol. The van der Waals surface area contributed by atoms with E-state index < -0.39 is 23.3 Å². The van der Waals surface area contributed by atoms with E-state index in [1.165, 1.54) is 12.1 Å². The summed E-state index contributed by atoms with van der Waals surface area (Å²) in [6.45, 7) is 2.88. The summed E-state index contributed by atoms with van der Waals surface area (Å²) in [6, 6.07) is 4.49. The summed E-state index contributed by atoms with van der Waals surface area (Å²) in [6.07, 6.45) is 4.91. The number of carbonyl (C=O) groups is 1. The number of carbonyl (C=O) groups excluding carboxylic acids is 1. The van der Waals surface area contributed by atoms with E-state index in [-0.39, 0.29) is 96.7 Å². The minimum absolute atomic E-state index is 0.0229. The van der Waals surface area contributed by atoms with Gasteiger partial charge in [0.1, 0.15) is 53.6 Å². The molecule has 10 rings (SSSR count). The summed E-state index contributed by atoms with van der Waals surface area (Å²) in [7, 11) is 0. The highest BCUT2D eigenvalue weighted by Crippen LogP contribution is 2.51. The van der Waals surface area contributed by atoms with Gasteiger partial charge in [0, 0.05) is 49.1 Å². The fourth-order valence-electron chi connectivity index (χ4n) is 9.59. The van der Waals surface area contributed by atoms with Crippen molar-refractivity contribution < 1.29 is 27.4 Å². The van der Waals surface area contributed by atoms with Gasteiger partial charge in [-0.25, -0.2) is 13.2 Å². The number of ether oxygens (including phenoxy) is 2. The van der Waals surface area contributed by atoms with Crippen LogP contribution in [0.1, 0.15) is 50.5 Å². The van der Waals surface area contributed by atoms with Gasteiger partial charge < -0.3 is 25.0 Å². The van der Waals surface area contributed by atoms with E-state index in [9.17, 15) is 14.4 Å². The second kappa shape index (κ2) is 12.7. The van der Waals surface area contributed by atoms with E-state index in [1.54, 1.807) is 0 Å². The van der Waals surface area contributed by atoms with Crippen molar-refractivity contribution in [3.05, 3.63) is 34.4 Å². The first-order valence-corrected chi connectivity index (χ1v) is 19.9. The molecule has 0 spiro atoms. The van der Waals surface area contributed by atoms with E-state index >= 15 is 8.78 Å². The molecule has 0 bridgehead atoms. The highest BCUT2D eigenvalue weighted by molar-refractivity contribution is 7.23. The number of nitrogens with zero attached hydrogens (tertiary/aromatic N) is 6. The SMILES string of the molecule is N#Cc1c(N)sc2c(F)ccc(-c3c(Cl)c4c5c(nc(OCC67CCCN6C[C@H](F)C7)nc5c3F)N(C3CCCN(C(=O)C5NC5C5CC5)C3)CCO4)c12. The topological polar surface area (TPSA) is 143 Å². The molecule has 16 heteroatoms. The van der Waals surface area contributed by atoms with Crippen LogP contribution in [0, 0.1) is 28.9 Å². The third-order valence-corrected chi connectivity index (χ3v) is 13.8. The van der Waals surface area contributed by atoms with Gasteiger partial charge >= 0.3 is 6.01 Å². The van der Waals surface area contributed by atoms with Crippen LogP contribution in [0.3, 0.4) is 0 Å². The first-order chi connectivity index (χ1) is 26.2. The standard InChI is InChI=1S/C38H38ClF3N8O3S/c39-27-25(21-6-7-23(41)33-24(21)22(14-43)34(44)54-33)28(42)30-26-32(27)52-12-11-50(20-3-1-9-48(16-20)36(51)31-29(45-31)18-4-5-18)35(26)47-37(46-30)53-17-38-8-2-10-49(38)15-19(40)13-38/h6-7,18-20,29,31,45H,1-5,8-13,15-17,44H2/t19-,20?,29?,31?,38?/m1/s1. The highest BCUT2D eigenvalue weighted by Gasteiger charge is 2.53. The first-order valence-electron chi connectivity index (χ1n) is 18.8. The van der Waals surface area contributed by atoms with Crippen LogP contribution >= 0.6 is 22.9 Å². The van der Waals surface area contributed by atoms with Crippen LogP contribution in [0.25, 0.3) is 32.1 Å². The number of hydrogen-bond donors (Lipinski definition) is 2. The largest absolute Gasteiger partial charge is 0.489 e. The van der Waals surface area contributed by atoms with Crippen molar-refractivity contribution in [3.63, 3.8) is 0 Å². The third-order valence-electron chi connectivity index (χ3n) is 12.4. The van der Waals surface area contributed by atoms with Crippen molar-refractivity contribution in [3.8, 4) is 29.0 Å². The van der Waals surface area contributed by atoms with Crippen molar-refractivity contribution in [1.29, 1.82) is 5.26 Å². The Morgan fingerprint density at radius 3 is 2.83 bits per heavy atom. The second-order valence-corrected chi connectivity index (χ2v) is 17.1. The van der Waals surface area contributed by atoms with Gasteiger partial charge in [-0.15, -0.1) is 11.3 Å². The van der Waals surface area contributed by atoms with Crippen molar-refractivity contribution in [2.45, 2.75) is 74.8 Å². The van der Waals surface area contributed by atoms with Gasteiger partial charge in [0.2, 0.25) is 5.91 Å². The zero-order chi connectivity index (χ0) is 37.0. The van der Waals surface area contributed by atoms with Crippen LogP contribution in [0.15, 0.2) is 12.1 Å². The lowest BCUT2D eigenvalue weighted by Gasteiger charge is -2.39. The van der Waals surface area contributed by atoms with Crippen LogP contribution in [0.2, 0.25) is 5.02 Å². The monoisotopic (exact) mass is 778 g/mol. The second-order valence-electron chi connectivity index (χ2n) is 15.6. The van der Waals surface area contributed by atoms with Crippen LogP contribution in [-0.2, 0) is 4.79 Å². The molecule has 2 aromatic carbocycles. The summed E-state index contributed by atoms with van der Waals surface area (Å²) in [5.41, 5.74) is 5.59. The van der Waals surface area contributed by atoms with Crippen molar-refractivity contribution in [2.75, 3.05) is 56.6 Å². The van der Waals surface area contributed by atoms with Gasteiger partial charge in [0.25, 0.3) is 0 Å². The number of halogens is 4. The van der Waals surface area contributed by atoms with E-state index in [0.29, 0.717) is 44.3 Å². The molecule has 2 aromatic heterocycles. The van der Waals surface area contributed by atoms with Gasteiger partial charge in [-0.05, 0) is 62.6 Å². The van der Waals surface area contributed by atoms with Gasteiger partial charge in [-0.2, -0.15) is 15.2 Å². The fraction of sp³-hybridized carbons (Fsp3) is 0.526. The number of rotatable bonds is 7. The van der Waals surface area contributed by atoms with Crippen LogP contribution in [0.4, 0.5) is 24.0 Å². The van der Waals surface area contributed by atoms with Crippen molar-refractivity contribution in [1.82, 2.24) is 25.1 Å². The van der Waals surface area contributed by atoms with Crippen molar-refractivity contribution in [2.24, 2.45) is 5.92 Å². The number of nitrogen functional groups attached to an aromatic ring is 1. The molecule has 5 fully saturated rings. The number of alkyl halides is 1. The normalized spacial score (nSPS) is 27.9. The maximum absolute atomic E-state index is 17.4. The zero-order valence-corrected chi connectivity index (χ0v) is 30.9. The quantitative estimate of drug-likeness (QED) is 0.222. The number of likely N-dealkylation sites (tertiary alicyclic amines) is 1. The molecule has 6 aliphatic rings. The van der Waals surface area contributed by atoms with Crippen molar-refractivity contribution >= 4 is 60.7 Å². The molecule has 5 atom stereocenters. The maximum atomic E-state index is 17.4. The average Bonchev–Trinajstić information content (AvgIpc) is 4.07. The number of benzene rings is 2. The molecular formula is C38H38ClF3N8O3S. The minimum atomic E-state index is -0.965. The Morgan fingerprint density at radius 1 is 1.17 bits per heavy atom. The molecule has 3 N–H and O–H groups in total. The molecule has 4 unspecified atom stereocenters. The Kier molecular flexibility index (Phi) is 8.10. The van der Waals surface area contributed by atoms with Gasteiger partial charge in [-0.1, -0.05) is 17.7 Å². The zero-order valence-electron chi connectivity index (χ0n) is 29.3. The summed E-state index contributed by atoms with van der Waals surface area (Å²) >= 11 is 8.02. The molecule has 5 aliphatic heterocycles. The van der Waals surface area contributed by atoms with E-state index in [4.69, 9.17) is 31.8 Å². The summed E-state index contributed by atoms with van der Waals surface area (Å²) in [5, 5.41) is 13.8. The molecule has 4 aromatic rings. The summed E-state index contributed by atoms with van der Waals surface area (Å²) in [4.78, 5) is 29.3. The maximum Gasteiger partial charge on any atom is 0.319 e. The highest BCUT2D eigenvalue weighted by atomic mass is 35.5. The van der Waals surface area contributed by atoms with Crippen LogP contribution < -0.4 is 25.4 Å². The number of hydrogen-bond acceptors (Lipinski definition) is 11. The Bertz CT molecular complexity index is 2280. The predicted molar refractivity (Wildman–Crippen MR) is 199 cm³/mol. The van der Waals surface area contributed by atoms with Gasteiger partial charge in [0.15, 0.2) is 11.6 Å². The molecule has 1 aliphatic carbocycles. The molecule has 7 heterocycles. The Labute approximate surface area is 318 Å². The lowest BCUT2D eigenvalue weighted by molar-refractivity contribution is -0.132. The summed E-state index contributed by atoms with van der Waals surface area (Å²) < 4.78 is 60.0. The molecule has 4 saturated heterocycles. The number of amides is 1.